The summed E-state index contributed by atoms with van der Waals surface area (Å²) in [7, 11) is 0. The molecule has 2 aliphatic heterocycles. The third kappa shape index (κ3) is 4.75. The van der Waals surface area contributed by atoms with E-state index in [1.807, 2.05) is 48.5 Å². The molecular formula is C28H32N2O7. The minimum Gasteiger partial charge on any atom is -0.480 e. The number of ether oxygens (including phenoxy) is 3. The van der Waals surface area contributed by atoms with Gasteiger partial charge in [-0.1, -0.05) is 48.5 Å². The molecule has 0 aromatic heterocycles. The first kappa shape index (κ1) is 25.1. The number of carboxylic acids is 1. The number of carbonyl (C=O) groups is 3. The third-order valence-corrected chi connectivity index (χ3v) is 7.27. The zero-order valence-corrected chi connectivity index (χ0v) is 21.2. The Morgan fingerprint density at radius 1 is 1.00 bits per heavy atom. The summed E-state index contributed by atoms with van der Waals surface area (Å²) >= 11 is 0. The van der Waals surface area contributed by atoms with Gasteiger partial charge in [0.05, 0.1) is 25.3 Å². The minimum absolute atomic E-state index is 0.0116. The summed E-state index contributed by atoms with van der Waals surface area (Å²) in [6.45, 7) is 5.74. The van der Waals surface area contributed by atoms with Crippen molar-refractivity contribution in [2.24, 2.45) is 0 Å². The van der Waals surface area contributed by atoms with Gasteiger partial charge in [-0.15, -0.1) is 0 Å². The van der Waals surface area contributed by atoms with Crippen molar-refractivity contribution in [2.75, 3.05) is 19.8 Å². The highest BCUT2D eigenvalue weighted by molar-refractivity contribution is 5.85. The van der Waals surface area contributed by atoms with Gasteiger partial charge in [-0.2, -0.15) is 0 Å². The number of morpholine rings is 1. The summed E-state index contributed by atoms with van der Waals surface area (Å²) in [5, 5.41) is 12.8. The molecule has 2 aromatic rings. The van der Waals surface area contributed by atoms with E-state index < -0.39 is 41.4 Å². The Balaban J connectivity index is 1.30. The zero-order valence-electron chi connectivity index (χ0n) is 21.2. The lowest BCUT2D eigenvalue weighted by molar-refractivity contribution is -0.155. The van der Waals surface area contributed by atoms with Crippen molar-refractivity contribution in [1.82, 2.24) is 10.2 Å². The molecule has 2 saturated heterocycles. The van der Waals surface area contributed by atoms with Crippen molar-refractivity contribution < 1.29 is 33.7 Å². The molecule has 37 heavy (non-hydrogen) atoms. The fourth-order valence-corrected chi connectivity index (χ4v) is 5.77. The summed E-state index contributed by atoms with van der Waals surface area (Å²) < 4.78 is 16.8. The van der Waals surface area contributed by atoms with Crippen molar-refractivity contribution in [2.45, 2.75) is 62.8 Å². The topological polar surface area (TPSA) is 114 Å². The van der Waals surface area contributed by atoms with E-state index in [-0.39, 0.29) is 38.6 Å². The Morgan fingerprint density at radius 2 is 1.54 bits per heavy atom. The SMILES string of the molecule is CC(C)(C)OC(=O)N1C2COCC1CC(NC(=O)OCC1c3ccccc3-c3ccccc31)(C(=O)O)C2. The lowest BCUT2D eigenvalue weighted by Gasteiger charge is -2.51. The Kier molecular flexibility index (Phi) is 6.35. The Hall–Kier alpha value is -3.59. The molecule has 2 fully saturated rings. The Morgan fingerprint density at radius 3 is 2.05 bits per heavy atom. The minimum atomic E-state index is -1.58. The number of carboxylic acid groups (broad SMARTS) is 1. The maximum absolute atomic E-state index is 13.0. The highest BCUT2D eigenvalue weighted by Crippen LogP contribution is 2.44. The van der Waals surface area contributed by atoms with E-state index >= 15 is 0 Å². The number of fused-ring (bicyclic) bond motifs is 5. The molecule has 5 rings (SSSR count). The smallest absolute Gasteiger partial charge is 0.410 e. The largest absolute Gasteiger partial charge is 0.480 e. The van der Waals surface area contributed by atoms with Crippen LogP contribution in [0.1, 0.15) is 50.7 Å². The van der Waals surface area contributed by atoms with Crippen LogP contribution in [-0.4, -0.2) is 71.2 Å². The van der Waals surface area contributed by atoms with Crippen LogP contribution in [-0.2, 0) is 19.0 Å². The average molecular weight is 509 g/mol. The molecule has 0 saturated carbocycles. The lowest BCUT2D eigenvalue weighted by Crippen LogP contribution is -2.70. The third-order valence-electron chi connectivity index (χ3n) is 7.27. The molecule has 9 nitrogen and oxygen atoms in total. The quantitative estimate of drug-likeness (QED) is 0.638. The van der Waals surface area contributed by atoms with Crippen LogP contribution < -0.4 is 5.32 Å². The van der Waals surface area contributed by atoms with Crippen molar-refractivity contribution >= 4 is 18.2 Å². The number of hydrogen-bond acceptors (Lipinski definition) is 6. The summed E-state index contributed by atoms with van der Waals surface area (Å²) in [5.41, 5.74) is 2.09. The predicted octanol–water partition coefficient (Wildman–Crippen LogP) is 4.15. The van der Waals surface area contributed by atoms with Gasteiger partial charge in [0, 0.05) is 18.8 Å². The second-order valence-electron chi connectivity index (χ2n) is 11.0. The van der Waals surface area contributed by atoms with Gasteiger partial charge in [-0.3, -0.25) is 4.90 Å². The molecule has 2 atom stereocenters. The molecule has 2 heterocycles. The van der Waals surface area contributed by atoms with Crippen LogP contribution in [0.4, 0.5) is 9.59 Å². The maximum Gasteiger partial charge on any atom is 0.410 e. The molecule has 9 heteroatoms. The van der Waals surface area contributed by atoms with E-state index in [9.17, 15) is 19.5 Å². The number of benzene rings is 2. The first-order valence-corrected chi connectivity index (χ1v) is 12.5. The average Bonchev–Trinajstić information content (AvgIpc) is 3.14. The van der Waals surface area contributed by atoms with Crippen LogP contribution in [0.2, 0.25) is 0 Å². The zero-order chi connectivity index (χ0) is 26.4. The van der Waals surface area contributed by atoms with Gasteiger partial charge in [-0.25, -0.2) is 14.4 Å². The van der Waals surface area contributed by atoms with E-state index in [1.54, 1.807) is 25.7 Å². The van der Waals surface area contributed by atoms with Crippen LogP contribution in [0.3, 0.4) is 0 Å². The second-order valence-corrected chi connectivity index (χ2v) is 11.0. The fourth-order valence-electron chi connectivity index (χ4n) is 5.77. The van der Waals surface area contributed by atoms with Gasteiger partial charge in [0.1, 0.15) is 17.7 Å². The van der Waals surface area contributed by atoms with Crippen LogP contribution in [0.5, 0.6) is 0 Å². The van der Waals surface area contributed by atoms with E-state index in [4.69, 9.17) is 14.2 Å². The van der Waals surface area contributed by atoms with E-state index in [0.29, 0.717) is 0 Å². The van der Waals surface area contributed by atoms with Gasteiger partial charge in [-0.05, 0) is 43.0 Å². The molecular weight excluding hydrogens is 476 g/mol. The molecule has 2 aromatic carbocycles. The van der Waals surface area contributed by atoms with Crippen molar-refractivity contribution in [3.8, 4) is 11.1 Å². The maximum atomic E-state index is 13.0. The van der Waals surface area contributed by atoms with Gasteiger partial charge in [0.2, 0.25) is 0 Å². The van der Waals surface area contributed by atoms with E-state index in [2.05, 4.69) is 5.32 Å². The second kappa shape index (κ2) is 9.37. The molecule has 2 amide bonds. The number of alkyl carbamates (subject to hydrolysis) is 1. The van der Waals surface area contributed by atoms with E-state index in [1.165, 1.54) is 0 Å². The first-order chi connectivity index (χ1) is 17.6. The molecule has 2 bridgehead atoms. The van der Waals surface area contributed by atoms with Crippen molar-refractivity contribution in [3.63, 3.8) is 0 Å². The summed E-state index contributed by atoms with van der Waals surface area (Å²) in [4.78, 5) is 39.9. The number of amides is 2. The fraction of sp³-hybridized carbons (Fsp3) is 0.464. The predicted molar refractivity (Wildman–Crippen MR) is 134 cm³/mol. The number of carbonyl (C=O) groups excluding carboxylic acids is 2. The molecule has 2 unspecified atom stereocenters. The lowest BCUT2D eigenvalue weighted by atomic mass is 9.78. The molecule has 3 aliphatic rings. The number of nitrogens with one attached hydrogen (secondary N) is 1. The Bertz CT molecular complexity index is 1160. The molecule has 0 spiro atoms. The number of piperidine rings is 1. The normalized spacial score (nSPS) is 24.6. The number of hydrogen-bond donors (Lipinski definition) is 2. The summed E-state index contributed by atoms with van der Waals surface area (Å²) in [6.07, 6.45) is -1.33. The highest BCUT2D eigenvalue weighted by atomic mass is 16.6. The first-order valence-electron chi connectivity index (χ1n) is 12.5. The number of nitrogens with zero attached hydrogens (tertiary/aromatic N) is 1. The molecule has 2 N–H and O–H groups in total. The highest BCUT2D eigenvalue weighted by Gasteiger charge is 2.54. The van der Waals surface area contributed by atoms with Crippen molar-refractivity contribution in [1.29, 1.82) is 0 Å². The van der Waals surface area contributed by atoms with Gasteiger partial charge in [0.15, 0.2) is 0 Å². The number of aliphatic carboxylic acids is 1. The van der Waals surface area contributed by atoms with Gasteiger partial charge >= 0.3 is 18.2 Å². The van der Waals surface area contributed by atoms with E-state index in [0.717, 1.165) is 22.3 Å². The summed E-state index contributed by atoms with van der Waals surface area (Å²) in [6, 6.07) is 14.9. The van der Waals surface area contributed by atoms with Crippen LogP contribution in [0, 0.1) is 0 Å². The van der Waals surface area contributed by atoms with Crippen LogP contribution in [0.15, 0.2) is 48.5 Å². The van der Waals surface area contributed by atoms with Crippen molar-refractivity contribution in [3.05, 3.63) is 59.7 Å². The van der Waals surface area contributed by atoms with Gasteiger partial charge in [0.25, 0.3) is 0 Å². The van der Waals surface area contributed by atoms with Crippen LogP contribution in [0.25, 0.3) is 11.1 Å². The molecule has 0 radical (unpaired) electrons. The number of rotatable bonds is 4. The monoisotopic (exact) mass is 508 g/mol. The Labute approximate surface area is 215 Å². The van der Waals surface area contributed by atoms with Gasteiger partial charge < -0.3 is 24.6 Å². The van der Waals surface area contributed by atoms with Crippen LogP contribution >= 0.6 is 0 Å². The summed E-state index contributed by atoms with van der Waals surface area (Å²) in [5.74, 6) is -1.30. The molecule has 1 aliphatic carbocycles. The molecule has 196 valence electrons. The standard InChI is InChI=1S/C28H32N2O7/c1-27(2,3)37-26(34)30-17-12-28(24(31)32,13-18(30)15-35-14-17)29-25(33)36-16-23-21-10-6-4-8-19(21)20-9-5-7-11-22(20)23/h4-11,17-18,23H,12-16H2,1-3H3,(H,29,33)(H,31,32).